The molecule has 0 aliphatic carbocycles. The molecule has 72 valence electrons. The first-order valence-electron chi connectivity index (χ1n) is 4.52. The van der Waals surface area contributed by atoms with Gasteiger partial charge in [0.15, 0.2) is 0 Å². The van der Waals surface area contributed by atoms with E-state index in [4.69, 9.17) is 15.7 Å². The summed E-state index contributed by atoms with van der Waals surface area (Å²) in [6.07, 6.45) is -4.64. The second-order valence-electron chi connectivity index (χ2n) is 2.12. The number of nitrogens with zero attached hydrogens (tertiary/aromatic N) is 1. The maximum atomic E-state index is 12.3. The van der Waals surface area contributed by atoms with Crippen LogP contribution in [0, 0.1) is 0 Å². The normalized spacial score (nSPS) is 15.8. The van der Waals surface area contributed by atoms with E-state index in [-0.39, 0.29) is 0 Å². The summed E-state index contributed by atoms with van der Waals surface area (Å²) in [6.45, 7) is 0. The Kier molecular flexibility index (Phi) is 1.70. The van der Waals surface area contributed by atoms with Gasteiger partial charge in [0.1, 0.15) is 5.15 Å². The van der Waals surface area contributed by atoms with Gasteiger partial charge in [0.25, 0.3) is 0 Å². The minimum absolute atomic E-state index is 0.470. The summed E-state index contributed by atoms with van der Waals surface area (Å²) in [5.74, 6) is -0.695. The molecule has 0 saturated carbocycles. The van der Waals surface area contributed by atoms with E-state index in [1.807, 2.05) is 0 Å². The van der Waals surface area contributed by atoms with Gasteiger partial charge in [-0.15, -0.1) is 0 Å². The highest BCUT2D eigenvalue weighted by Crippen LogP contribution is 2.32. The van der Waals surface area contributed by atoms with Crippen molar-refractivity contribution in [2.45, 2.75) is 6.18 Å². The lowest BCUT2D eigenvalue weighted by Gasteiger charge is -2.07. The monoisotopic (exact) mass is 214 g/mol. The molecule has 0 spiro atoms. The number of methoxy groups -OCH3 is 1. The lowest BCUT2D eigenvalue weighted by Crippen LogP contribution is -2.05. The number of aromatic nitrogens is 1. The van der Waals surface area contributed by atoms with Crippen LogP contribution in [0.4, 0.5) is 13.2 Å². The molecule has 1 aromatic heterocycles. The smallest absolute Gasteiger partial charge is 0.416 e. The van der Waals surface area contributed by atoms with Crippen LogP contribution in [-0.2, 0) is 6.18 Å². The first-order chi connectivity index (χ1) is 7.08. The number of alkyl halides is 3. The van der Waals surface area contributed by atoms with Crippen molar-refractivity contribution in [3.8, 4) is 5.88 Å². The molecule has 13 heavy (non-hydrogen) atoms. The Morgan fingerprint density at radius 1 is 1.54 bits per heavy atom. The summed E-state index contributed by atoms with van der Waals surface area (Å²) in [7, 11) is -2.87. The van der Waals surface area contributed by atoms with Crippen LogP contribution in [0.3, 0.4) is 0 Å². The molecule has 0 amide bonds. The molecule has 6 heteroatoms. The number of halogens is 4. The highest BCUT2D eigenvalue weighted by molar-refractivity contribution is 6.29. The molecule has 0 bridgehead atoms. The number of hydrogen-bond donors (Lipinski definition) is 0. The van der Waals surface area contributed by atoms with Crippen LogP contribution in [-0.4, -0.2) is 12.0 Å². The van der Waals surface area contributed by atoms with Gasteiger partial charge in [-0.05, 0) is 6.07 Å². The Morgan fingerprint density at radius 3 is 2.77 bits per heavy atom. The van der Waals surface area contributed by atoms with Crippen molar-refractivity contribution in [2.24, 2.45) is 0 Å². The number of ether oxygens (including phenoxy) is 1. The summed E-state index contributed by atoms with van der Waals surface area (Å²) in [4.78, 5) is 3.32. The van der Waals surface area contributed by atoms with Crippen molar-refractivity contribution in [1.82, 2.24) is 4.98 Å². The van der Waals surface area contributed by atoms with Gasteiger partial charge in [-0.25, -0.2) is 4.98 Å². The van der Waals surface area contributed by atoms with E-state index in [0.29, 0.717) is 12.1 Å². The molecule has 0 saturated heterocycles. The number of rotatable bonds is 1. The van der Waals surface area contributed by atoms with Gasteiger partial charge < -0.3 is 4.74 Å². The fourth-order valence-electron chi connectivity index (χ4n) is 0.689. The zero-order valence-electron chi connectivity index (χ0n) is 9.02. The van der Waals surface area contributed by atoms with E-state index in [2.05, 4.69) is 9.72 Å². The van der Waals surface area contributed by atoms with Crippen LogP contribution in [0.2, 0.25) is 5.15 Å². The molecule has 1 rings (SSSR count). The van der Waals surface area contributed by atoms with Crippen LogP contribution in [0.5, 0.6) is 5.88 Å². The molecule has 0 N–H and O–H groups in total. The van der Waals surface area contributed by atoms with Crippen LogP contribution in [0.25, 0.3) is 0 Å². The van der Waals surface area contributed by atoms with Crippen molar-refractivity contribution in [2.75, 3.05) is 7.04 Å². The van der Waals surface area contributed by atoms with Gasteiger partial charge in [0, 0.05) is 6.07 Å². The summed E-state index contributed by atoms with van der Waals surface area (Å²) in [5.41, 5.74) is -1.12. The first kappa shape index (κ1) is 6.48. The van der Waals surface area contributed by atoms with E-state index in [9.17, 15) is 13.2 Å². The molecule has 1 heterocycles. The van der Waals surface area contributed by atoms with Gasteiger partial charge in [0.2, 0.25) is 5.88 Å². The third kappa shape index (κ3) is 2.48. The molecule has 0 radical (unpaired) electrons. The second-order valence-corrected chi connectivity index (χ2v) is 2.50. The first-order valence-corrected chi connectivity index (χ1v) is 3.39. The summed E-state index contributed by atoms with van der Waals surface area (Å²) < 4.78 is 61.3. The van der Waals surface area contributed by atoms with E-state index < -0.39 is 29.8 Å². The zero-order valence-corrected chi connectivity index (χ0v) is 6.78. The fraction of sp³-hybridized carbons (Fsp3) is 0.286. The quantitative estimate of drug-likeness (QED) is 0.671. The largest absolute Gasteiger partial charge is 0.481 e. The standard InChI is InChI=1S/C7H5ClF3NO/c1-13-6-3-4(7(9,10)11)2-5(8)12-6/h2-3H,1H3/i1D3. The van der Waals surface area contributed by atoms with Crippen molar-refractivity contribution in [3.05, 3.63) is 22.8 Å². The van der Waals surface area contributed by atoms with Crippen LogP contribution in [0.15, 0.2) is 12.1 Å². The Bertz CT molecular complexity index is 393. The molecular weight excluding hydrogens is 207 g/mol. The molecule has 1 aromatic rings. The van der Waals surface area contributed by atoms with E-state index in [0.717, 1.165) is 0 Å². The minimum Gasteiger partial charge on any atom is -0.481 e. The predicted molar refractivity (Wildman–Crippen MR) is 40.8 cm³/mol. The maximum absolute atomic E-state index is 12.3. The molecule has 0 atom stereocenters. The van der Waals surface area contributed by atoms with Crippen molar-refractivity contribution < 1.29 is 22.0 Å². The van der Waals surface area contributed by atoms with Crippen molar-refractivity contribution in [3.63, 3.8) is 0 Å². The molecule has 0 aliphatic rings. The predicted octanol–water partition coefficient (Wildman–Crippen LogP) is 2.76. The number of pyridine rings is 1. The van der Waals surface area contributed by atoms with Crippen LogP contribution in [0.1, 0.15) is 9.68 Å². The Hall–Kier alpha value is -0.970. The lowest BCUT2D eigenvalue weighted by atomic mass is 10.2. The highest BCUT2D eigenvalue weighted by atomic mass is 35.5. The van der Waals surface area contributed by atoms with Crippen LogP contribution >= 0.6 is 11.6 Å². The summed E-state index contributed by atoms with van der Waals surface area (Å²) >= 11 is 5.31. The average Bonchev–Trinajstić information content (AvgIpc) is 1.97. The summed E-state index contributed by atoms with van der Waals surface area (Å²) in [5, 5.41) is -0.492. The lowest BCUT2D eigenvalue weighted by molar-refractivity contribution is -0.137. The second kappa shape index (κ2) is 3.41. The number of hydrogen-bond acceptors (Lipinski definition) is 2. The third-order valence-electron chi connectivity index (χ3n) is 1.20. The van der Waals surface area contributed by atoms with Crippen LogP contribution < -0.4 is 4.74 Å². The SMILES string of the molecule is [2H]C([2H])([2H])Oc1cc(C(F)(F)F)cc(Cl)n1. The molecule has 2 nitrogen and oxygen atoms in total. The minimum atomic E-state index is -4.64. The van der Waals surface area contributed by atoms with Gasteiger partial charge in [0.05, 0.1) is 16.7 Å². The van der Waals surface area contributed by atoms with E-state index >= 15 is 0 Å². The topological polar surface area (TPSA) is 22.1 Å². The van der Waals surface area contributed by atoms with Gasteiger partial charge in [-0.1, -0.05) is 11.6 Å². The van der Waals surface area contributed by atoms with Gasteiger partial charge in [-0.2, -0.15) is 13.2 Å². The average molecular weight is 215 g/mol. The zero-order chi connectivity index (χ0) is 12.6. The molecule has 0 aromatic carbocycles. The van der Waals surface area contributed by atoms with Gasteiger partial charge >= 0.3 is 6.18 Å². The highest BCUT2D eigenvalue weighted by Gasteiger charge is 2.31. The van der Waals surface area contributed by atoms with Gasteiger partial charge in [-0.3, -0.25) is 0 Å². The fourth-order valence-corrected chi connectivity index (χ4v) is 0.890. The maximum Gasteiger partial charge on any atom is 0.416 e. The summed E-state index contributed by atoms with van der Waals surface area (Å²) in [6, 6.07) is 1.05. The Morgan fingerprint density at radius 2 is 2.23 bits per heavy atom. The molecule has 0 unspecified atom stereocenters. The van der Waals surface area contributed by atoms with Crippen molar-refractivity contribution >= 4 is 11.6 Å². The molecule has 0 aliphatic heterocycles. The Balaban J connectivity index is 3.09. The van der Waals surface area contributed by atoms with E-state index in [1.54, 1.807) is 0 Å². The molecular formula is C7H5ClF3NO. The third-order valence-corrected chi connectivity index (χ3v) is 1.40. The Labute approximate surface area is 81.5 Å². The molecule has 0 fully saturated rings. The van der Waals surface area contributed by atoms with E-state index in [1.165, 1.54) is 0 Å². The van der Waals surface area contributed by atoms with Crippen molar-refractivity contribution in [1.29, 1.82) is 0 Å².